The summed E-state index contributed by atoms with van der Waals surface area (Å²) in [4.78, 5) is 12.1. The highest BCUT2D eigenvalue weighted by Crippen LogP contribution is 2.15. The van der Waals surface area contributed by atoms with E-state index in [2.05, 4.69) is 26.3 Å². The van der Waals surface area contributed by atoms with Crippen molar-refractivity contribution < 1.29 is 4.79 Å². The second-order valence-corrected chi connectivity index (χ2v) is 5.20. The minimum absolute atomic E-state index is 0.222. The number of anilines is 1. The van der Waals surface area contributed by atoms with Crippen molar-refractivity contribution in [2.24, 2.45) is 7.05 Å². The minimum atomic E-state index is -0.222. The van der Waals surface area contributed by atoms with Gasteiger partial charge in [0.2, 0.25) is 0 Å². The van der Waals surface area contributed by atoms with E-state index in [1.807, 2.05) is 24.3 Å². The number of rotatable bonds is 3. The van der Waals surface area contributed by atoms with Crippen molar-refractivity contribution >= 4 is 27.5 Å². The van der Waals surface area contributed by atoms with Crippen molar-refractivity contribution in [3.8, 4) is 0 Å². The van der Waals surface area contributed by atoms with Crippen molar-refractivity contribution in [2.45, 2.75) is 13.5 Å². The zero-order valence-corrected chi connectivity index (χ0v) is 12.4. The molecule has 0 unspecified atom stereocenters. The van der Waals surface area contributed by atoms with Crippen LogP contribution in [0.1, 0.15) is 21.7 Å². The van der Waals surface area contributed by atoms with Crippen LogP contribution in [-0.2, 0) is 13.6 Å². The molecule has 0 fully saturated rings. The number of carbonyl (C=O) groups is 1. The maximum atomic E-state index is 12.1. The third kappa shape index (κ3) is 2.96. The summed E-state index contributed by atoms with van der Waals surface area (Å²) in [5, 5.41) is 6.96. The average molecular weight is 323 g/mol. The predicted octanol–water partition coefficient (Wildman–Crippen LogP) is 2.00. The molecule has 0 bridgehead atoms. The molecule has 0 radical (unpaired) electrons. The van der Waals surface area contributed by atoms with Gasteiger partial charge in [-0.1, -0.05) is 28.1 Å². The zero-order chi connectivity index (χ0) is 14.0. The number of nitrogens with zero attached hydrogens (tertiary/aromatic N) is 2. The molecule has 5 nitrogen and oxygen atoms in total. The second kappa shape index (κ2) is 5.44. The van der Waals surface area contributed by atoms with Crippen LogP contribution in [0.25, 0.3) is 0 Å². The van der Waals surface area contributed by atoms with E-state index < -0.39 is 0 Å². The van der Waals surface area contributed by atoms with Crippen LogP contribution in [0.2, 0.25) is 0 Å². The molecule has 0 aliphatic heterocycles. The maximum Gasteiger partial charge on any atom is 0.271 e. The van der Waals surface area contributed by atoms with E-state index in [0.29, 0.717) is 23.6 Å². The summed E-state index contributed by atoms with van der Waals surface area (Å²) in [6.45, 7) is 2.22. The number of nitrogens with one attached hydrogen (secondary N) is 1. The van der Waals surface area contributed by atoms with Crippen molar-refractivity contribution in [1.82, 2.24) is 15.1 Å². The highest BCUT2D eigenvalue weighted by molar-refractivity contribution is 9.10. The summed E-state index contributed by atoms with van der Waals surface area (Å²) in [7, 11) is 1.71. The molecule has 0 spiro atoms. The number of amides is 1. The Hall–Kier alpha value is -1.82. The Labute approximate surface area is 119 Å². The molecule has 2 aromatic rings. The molecule has 3 N–H and O–H groups in total. The Morgan fingerprint density at radius 3 is 2.84 bits per heavy atom. The SMILES string of the molecule is Cc1nn(C)c(C(=O)NCc2cccc(Br)c2)c1N. The van der Waals surface area contributed by atoms with Gasteiger partial charge in [0.25, 0.3) is 5.91 Å². The number of hydrogen-bond acceptors (Lipinski definition) is 3. The van der Waals surface area contributed by atoms with Crippen LogP contribution < -0.4 is 11.1 Å². The summed E-state index contributed by atoms with van der Waals surface area (Å²) >= 11 is 3.39. The molecule has 0 saturated carbocycles. The molecule has 0 aliphatic carbocycles. The van der Waals surface area contributed by atoms with E-state index in [1.165, 1.54) is 4.68 Å². The molecule has 100 valence electrons. The number of aryl methyl sites for hydroxylation is 2. The fourth-order valence-electron chi connectivity index (χ4n) is 1.86. The van der Waals surface area contributed by atoms with Crippen LogP contribution in [0.15, 0.2) is 28.7 Å². The van der Waals surface area contributed by atoms with E-state index in [1.54, 1.807) is 14.0 Å². The lowest BCUT2D eigenvalue weighted by Crippen LogP contribution is -2.26. The molecule has 2 rings (SSSR count). The van der Waals surface area contributed by atoms with Crippen LogP contribution in [0.3, 0.4) is 0 Å². The smallest absolute Gasteiger partial charge is 0.271 e. The molecule has 0 aliphatic rings. The van der Waals surface area contributed by atoms with Gasteiger partial charge >= 0.3 is 0 Å². The molecule has 0 saturated heterocycles. The number of benzene rings is 1. The van der Waals surface area contributed by atoms with E-state index in [-0.39, 0.29) is 5.91 Å². The van der Waals surface area contributed by atoms with Crippen LogP contribution in [0.5, 0.6) is 0 Å². The van der Waals surface area contributed by atoms with Crippen molar-refractivity contribution in [1.29, 1.82) is 0 Å². The molecule has 1 aromatic carbocycles. The van der Waals surface area contributed by atoms with Gasteiger partial charge in [0, 0.05) is 18.1 Å². The summed E-state index contributed by atoms with van der Waals surface area (Å²) in [6, 6.07) is 7.77. The number of halogens is 1. The Kier molecular flexibility index (Phi) is 3.90. The highest BCUT2D eigenvalue weighted by atomic mass is 79.9. The number of hydrogen-bond donors (Lipinski definition) is 2. The van der Waals surface area contributed by atoms with Crippen LogP contribution in [0, 0.1) is 6.92 Å². The van der Waals surface area contributed by atoms with Gasteiger partial charge in [-0.3, -0.25) is 9.48 Å². The van der Waals surface area contributed by atoms with Crippen molar-refractivity contribution in [3.05, 3.63) is 45.7 Å². The molecule has 19 heavy (non-hydrogen) atoms. The van der Waals surface area contributed by atoms with E-state index >= 15 is 0 Å². The topological polar surface area (TPSA) is 72.9 Å². The van der Waals surface area contributed by atoms with Gasteiger partial charge < -0.3 is 11.1 Å². The van der Waals surface area contributed by atoms with Gasteiger partial charge in [-0.05, 0) is 24.6 Å². The predicted molar refractivity (Wildman–Crippen MR) is 77.7 cm³/mol. The number of carbonyl (C=O) groups excluding carboxylic acids is 1. The highest BCUT2D eigenvalue weighted by Gasteiger charge is 2.17. The lowest BCUT2D eigenvalue weighted by molar-refractivity contribution is 0.0942. The van der Waals surface area contributed by atoms with Gasteiger partial charge in [-0.25, -0.2) is 0 Å². The fraction of sp³-hybridized carbons (Fsp3) is 0.231. The minimum Gasteiger partial charge on any atom is -0.395 e. The summed E-state index contributed by atoms with van der Waals surface area (Å²) in [5.74, 6) is -0.222. The van der Waals surface area contributed by atoms with Crippen LogP contribution in [0.4, 0.5) is 5.69 Å². The van der Waals surface area contributed by atoms with E-state index in [0.717, 1.165) is 10.0 Å². The Morgan fingerprint density at radius 2 is 2.26 bits per heavy atom. The van der Waals surface area contributed by atoms with Gasteiger partial charge in [-0.15, -0.1) is 0 Å². The normalized spacial score (nSPS) is 10.5. The largest absolute Gasteiger partial charge is 0.395 e. The standard InChI is InChI=1S/C13H15BrN4O/c1-8-11(15)12(18(2)17-8)13(19)16-7-9-4-3-5-10(14)6-9/h3-6H,7,15H2,1-2H3,(H,16,19). The van der Waals surface area contributed by atoms with Gasteiger partial charge in [-0.2, -0.15) is 5.10 Å². The van der Waals surface area contributed by atoms with Crippen molar-refractivity contribution in [2.75, 3.05) is 5.73 Å². The molecule has 1 amide bonds. The average Bonchev–Trinajstić information content (AvgIpc) is 2.61. The van der Waals surface area contributed by atoms with E-state index in [4.69, 9.17) is 5.73 Å². The summed E-state index contributed by atoms with van der Waals surface area (Å²) in [5.41, 5.74) is 8.34. The Morgan fingerprint density at radius 1 is 1.53 bits per heavy atom. The molecular formula is C13H15BrN4O. The summed E-state index contributed by atoms with van der Waals surface area (Å²) < 4.78 is 2.48. The molecule has 0 atom stereocenters. The maximum absolute atomic E-state index is 12.1. The van der Waals surface area contributed by atoms with Crippen LogP contribution >= 0.6 is 15.9 Å². The molecule has 1 aromatic heterocycles. The lowest BCUT2D eigenvalue weighted by atomic mass is 10.2. The third-order valence-corrected chi connectivity index (χ3v) is 3.32. The zero-order valence-electron chi connectivity index (χ0n) is 10.8. The lowest BCUT2D eigenvalue weighted by Gasteiger charge is -2.06. The third-order valence-electron chi connectivity index (χ3n) is 2.83. The monoisotopic (exact) mass is 322 g/mol. The quantitative estimate of drug-likeness (QED) is 0.907. The molecular weight excluding hydrogens is 308 g/mol. The first-order valence-corrected chi connectivity index (χ1v) is 6.60. The number of aromatic nitrogens is 2. The molecule has 1 heterocycles. The first kappa shape index (κ1) is 13.6. The fourth-order valence-corrected chi connectivity index (χ4v) is 2.30. The summed E-state index contributed by atoms with van der Waals surface area (Å²) in [6.07, 6.45) is 0. The Balaban J connectivity index is 2.10. The van der Waals surface area contributed by atoms with Crippen LogP contribution in [-0.4, -0.2) is 15.7 Å². The number of nitrogens with two attached hydrogens (primary N) is 1. The Bertz CT molecular complexity index is 621. The van der Waals surface area contributed by atoms with E-state index in [9.17, 15) is 4.79 Å². The number of nitrogen functional groups attached to an aromatic ring is 1. The van der Waals surface area contributed by atoms with Gasteiger partial charge in [0.15, 0.2) is 0 Å². The first-order chi connectivity index (χ1) is 8.99. The molecule has 6 heteroatoms. The van der Waals surface area contributed by atoms with Gasteiger partial charge in [0.05, 0.1) is 11.4 Å². The first-order valence-electron chi connectivity index (χ1n) is 5.80. The van der Waals surface area contributed by atoms with Crippen molar-refractivity contribution in [3.63, 3.8) is 0 Å². The van der Waals surface area contributed by atoms with Gasteiger partial charge in [0.1, 0.15) is 5.69 Å². The second-order valence-electron chi connectivity index (χ2n) is 4.28.